The summed E-state index contributed by atoms with van der Waals surface area (Å²) in [4.78, 5) is 12.2. The Bertz CT molecular complexity index is 919. The van der Waals surface area contributed by atoms with E-state index < -0.39 is 16.0 Å². The maximum absolute atomic E-state index is 12.2. The lowest BCUT2D eigenvalue weighted by atomic mass is 9.99. The molecule has 6 heteroatoms. The number of rotatable bonds is 10. The van der Waals surface area contributed by atoms with Crippen LogP contribution in [0, 0.1) is 12.8 Å². The second kappa shape index (κ2) is 10.9. The van der Waals surface area contributed by atoms with Gasteiger partial charge in [0.25, 0.3) is 5.91 Å². The Kier molecular flexibility index (Phi) is 8.61. The lowest BCUT2D eigenvalue weighted by Crippen LogP contribution is -2.28. The first-order chi connectivity index (χ1) is 13.8. The van der Waals surface area contributed by atoms with E-state index in [4.69, 9.17) is 4.28 Å². The van der Waals surface area contributed by atoms with Gasteiger partial charge in [-0.05, 0) is 56.7 Å². The molecule has 1 amide bonds. The molecule has 29 heavy (non-hydrogen) atoms. The number of carbonyl (C=O) groups is 1. The molecule has 0 heterocycles. The minimum atomic E-state index is -4.04. The van der Waals surface area contributed by atoms with Gasteiger partial charge in [-0.1, -0.05) is 67.4 Å². The molecule has 1 atom stereocenters. The third-order valence-corrected chi connectivity index (χ3v) is 5.82. The Morgan fingerprint density at radius 2 is 1.72 bits per heavy atom. The molecule has 0 aliphatic heterocycles. The van der Waals surface area contributed by atoms with Crippen LogP contribution in [-0.2, 0) is 25.6 Å². The molecule has 0 aliphatic carbocycles. The van der Waals surface area contributed by atoms with Crippen LogP contribution in [0.4, 0.5) is 0 Å². The number of carbonyl (C=O) groups excluding carboxylic acids is 1. The Balaban J connectivity index is 1.77. The number of hydrogen-bond donors (Lipinski definition) is 1. The van der Waals surface area contributed by atoms with E-state index in [1.807, 2.05) is 43.6 Å². The molecule has 0 bridgehead atoms. The van der Waals surface area contributed by atoms with Gasteiger partial charge in [0.2, 0.25) is 0 Å². The highest BCUT2D eigenvalue weighted by atomic mass is 32.2. The molecule has 0 radical (unpaired) electrons. The molecule has 0 fully saturated rings. The average molecular weight is 416 g/mol. The Morgan fingerprint density at radius 1 is 1.07 bits per heavy atom. The maximum atomic E-state index is 12.2. The normalized spacial score (nSPS) is 13.1. The van der Waals surface area contributed by atoms with E-state index in [1.165, 1.54) is 17.7 Å². The molecule has 1 unspecified atom stereocenters. The standard InChI is InChI=1S/C23H29NO4S/c1-18-13-15-22(16-14-18)29(26,27)28-24-23(25)20(3)17-19(2)9-7-8-12-21-10-5-4-6-11-21/h4-6,10-11,13-17,19H,7-9,12H2,1-3H3,(H,24,25)/b20-17-. The molecular formula is C23H29NO4S. The third-order valence-electron chi connectivity index (χ3n) is 4.66. The monoisotopic (exact) mass is 415 g/mol. The molecule has 0 aromatic heterocycles. The Hall–Kier alpha value is -2.44. The van der Waals surface area contributed by atoms with E-state index in [9.17, 15) is 13.2 Å². The van der Waals surface area contributed by atoms with Crippen LogP contribution in [0.2, 0.25) is 0 Å². The molecule has 2 rings (SSSR count). The van der Waals surface area contributed by atoms with Crippen LogP contribution in [0.5, 0.6) is 0 Å². The van der Waals surface area contributed by atoms with Gasteiger partial charge < -0.3 is 0 Å². The smallest absolute Gasteiger partial charge is 0.267 e. The van der Waals surface area contributed by atoms with Crippen LogP contribution in [-0.4, -0.2) is 14.3 Å². The van der Waals surface area contributed by atoms with Crippen molar-refractivity contribution in [1.82, 2.24) is 5.48 Å². The number of aryl methyl sites for hydroxylation is 2. The van der Waals surface area contributed by atoms with Crippen LogP contribution in [0.3, 0.4) is 0 Å². The van der Waals surface area contributed by atoms with Crippen molar-refractivity contribution in [3.63, 3.8) is 0 Å². The van der Waals surface area contributed by atoms with Gasteiger partial charge in [-0.2, -0.15) is 8.42 Å². The van der Waals surface area contributed by atoms with Crippen molar-refractivity contribution >= 4 is 16.0 Å². The first kappa shape index (κ1) is 22.8. The summed E-state index contributed by atoms with van der Waals surface area (Å²) in [6.07, 6.45) is 5.99. The van der Waals surface area contributed by atoms with E-state index in [-0.39, 0.29) is 10.8 Å². The summed E-state index contributed by atoms with van der Waals surface area (Å²) < 4.78 is 29.0. The van der Waals surface area contributed by atoms with Crippen LogP contribution in [0.15, 0.2) is 71.1 Å². The van der Waals surface area contributed by atoms with Crippen molar-refractivity contribution in [2.75, 3.05) is 0 Å². The molecule has 1 N–H and O–H groups in total. The van der Waals surface area contributed by atoms with Crippen LogP contribution >= 0.6 is 0 Å². The fraction of sp³-hybridized carbons (Fsp3) is 0.348. The van der Waals surface area contributed by atoms with E-state index in [0.717, 1.165) is 31.2 Å². The number of allylic oxidation sites excluding steroid dienone is 1. The highest BCUT2D eigenvalue weighted by Crippen LogP contribution is 2.15. The summed E-state index contributed by atoms with van der Waals surface area (Å²) in [6, 6.07) is 16.6. The maximum Gasteiger partial charge on any atom is 0.317 e. The molecule has 0 saturated carbocycles. The summed E-state index contributed by atoms with van der Waals surface area (Å²) in [5.41, 5.74) is 4.73. The second-order valence-corrected chi connectivity index (χ2v) is 8.89. The first-order valence-corrected chi connectivity index (χ1v) is 11.2. The zero-order valence-corrected chi connectivity index (χ0v) is 18.0. The summed E-state index contributed by atoms with van der Waals surface area (Å²) in [5, 5.41) is 0. The second-order valence-electron chi connectivity index (χ2n) is 7.34. The van der Waals surface area contributed by atoms with Gasteiger partial charge >= 0.3 is 10.1 Å². The molecule has 156 valence electrons. The largest absolute Gasteiger partial charge is 0.317 e. The molecule has 2 aromatic carbocycles. The fourth-order valence-corrected chi connectivity index (χ4v) is 3.70. The van der Waals surface area contributed by atoms with Gasteiger partial charge in [0, 0.05) is 5.57 Å². The molecule has 5 nitrogen and oxygen atoms in total. The van der Waals surface area contributed by atoms with Gasteiger partial charge in [-0.25, -0.2) is 5.48 Å². The Morgan fingerprint density at radius 3 is 2.38 bits per heavy atom. The number of unbranched alkanes of at least 4 members (excludes halogenated alkanes) is 1. The minimum absolute atomic E-state index is 0.00295. The average Bonchev–Trinajstić information content (AvgIpc) is 2.70. The quantitative estimate of drug-likeness (QED) is 0.346. The SMILES string of the molecule is C/C(=C/C(C)CCCCc1ccccc1)C(=O)NOS(=O)(=O)c1ccc(C)cc1. The molecule has 2 aromatic rings. The minimum Gasteiger partial charge on any atom is -0.267 e. The molecule has 0 aliphatic rings. The number of nitrogens with one attached hydrogen (secondary N) is 1. The Labute approximate surface area is 173 Å². The number of hydroxylamine groups is 1. The van der Waals surface area contributed by atoms with Crippen molar-refractivity contribution in [3.05, 3.63) is 77.4 Å². The summed E-state index contributed by atoms with van der Waals surface area (Å²) in [6.45, 7) is 5.55. The van der Waals surface area contributed by atoms with Crippen LogP contribution in [0.1, 0.15) is 44.2 Å². The van der Waals surface area contributed by atoms with Crippen molar-refractivity contribution < 1.29 is 17.5 Å². The van der Waals surface area contributed by atoms with Gasteiger partial charge in [0.1, 0.15) is 0 Å². The van der Waals surface area contributed by atoms with E-state index in [0.29, 0.717) is 5.57 Å². The van der Waals surface area contributed by atoms with Crippen LogP contribution in [0.25, 0.3) is 0 Å². The molecule has 0 saturated heterocycles. The predicted octanol–water partition coefficient (Wildman–Crippen LogP) is 4.73. The lowest BCUT2D eigenvalue weighted by Gasteiger charge is -2.10. The van der Waals surface area contributed by atoms with Crippen molar-refractivity contribution in [1.29, 1.82) is 0 Å². The topological polar surface area (TPSA) is 72.5 Å². The zero-order valence-electron chi connectivity index (χ0n) is 17.2. The predicted molar refractivity (Wildman–Crippen MR) is 115 cm³/mol. The summed E-state index contributed by atoms with van der Waals surface area (Å²) in [5.74, 6) is -0.345. The van der Waals surface area contributed by atoms with E-state index in [1.54, 1.807) is 19.1 Å². The lowest BCUT2D eigenvalue weighted by molar-refractivity contribution is -0.123. The van der Waals surface area contributed by atoms with E-state index in [2.05, 4.69) is 12.1 Å². The highest BCUT2D eigenvalue weighted by molar-refractivity contribution is 7.86. The number of hydrogen-bond acceptors (Lipinski definition) is 4. The molecular weight excluding hydrogens is 386 g/mol. The first-order valence-electron chi connectivity index (χ1n) is 9.81. The zero-order chi connectivity index (χ0) is 21.3. The van der Waals surface area contributed by atoms with Crippen molar-refractivity contribution in [2.45, 2.75) is 51.3 Å². The third kappa shape index (κ3) is 7.83. The van der Waals surface area contributed by atoms with Gasteiger partial charge in [0.05, 0.1) is 4.90 Å². The number of benzene rings is 2. The van der Waals surface area contributed by atoms with Gasteiger partial charge in [0.15, 0.2) is 0 Å². The molecule has 0 spiro atoms. The fourth-order valence-electron chi connectivity index (χ4n) is 2.95. The van der Waals surface area contributed by atoms with Crippen molar-refractivity contribution in [2.24, 2.45) is 5.92 Å². The van der Waals surface area contributed by atoms with E-state index >= 15 is 0 Å². The summed E-state index contributed by atoms with van der Waals surface area (Å²) >= 11 is 0. The van der Waals surface area contributed by atoms with Gasteiger partial charge in [-0.3, -0.25) is 4.79 Å². The van der Waals surface area contributed by atoms with Gasteiger partial charge in [-0.15, -0.1) is 4.28 Å². The number of amides is 1. The van der Waals surface area contributed by atoms with Crippen molar-refractivity contribution in [3.8, 4) is 0 Å². The van der Waals surface area contributed by atoms with Crippen LogP contribution < -0.4 is 5.48 Å². The summed E-state index contributed by atoms with van der Waals surface area (Å²) in [7, 11) is -4.04. The highest BCUT2D eigenvalue weighted by Gasteiger charge is 2.17.